The van der Waals surface area contributed by atoms with Gasteiger partial charge in [-0.25, -0.2) is 4.98 Å². The molecule has 0 aliphatic rings. The Hall–Kier alpha value is -1.88. The van der Waals surface area contributed by atoms with Crippen molar-refractivity contribution in [3.8, 4) is 5.75 Å². The molecule has 102 valence electrons. The molecule has 19 heavy (non-hydrogen) atoms. The van der Waals surface area contributed by atoms with Crippen molar-refractivity contribution in [2.75, 3.05) is 0 Å². The summed E-state index contributed by atoms with van der Waals surface area (Å²) in [5, 5.41) is 7.54. The number of aromatic nitrogens is 3. The summed E-state index contributed by atoms with van der Waals surface area (Å²) >= 11 is 0. The fourth-order valence-electron chi connectivity index (χ4n) is 1.78. The summed E-state index contributed by atoms with van der Waals surface area (Å²) in [5.74, 6) is 1.71. The fourth-order valence-corrected chi connectivity index (χ4v) is 1.78. The first kappa shape index (κ1) is 13.5. The van der Waals surface area contributed by atoms with Crippen molar-refractivity contribution in [2.24, 2.45) is 7.05 Å². The molecular weight excluding hydrogens is 240 g/mol. The van der Waals surface area contributed by atoms with Crippen LogP contribution in [0.4, 0.5) is 0 Å². The molecule has 1 heterocycles. The normalized spacial score (nSPS) is 10.9. The van der Waals surface area contributed by atoms with Crippen LogP contribution in [-0.4, -0.2) is 20.9 Å². The first-order chi connectivity index (χ1) is 9.13. The van der Waals surface area contributed by atoms with Gasteiger partial charge in [0.05, 0.1) is 12.6 Å². The Labute approximate surface area is 113 Å². The van der Waals surface area contributed by atoms with Gasteiger partial charge in [0.15, 0.2) is 5.82 Å². The van der Waals surface area contributed by atoms with E-state index in [2.05, 4.69) is 27.5 Å². The molecule has 0 unspecified atom stereocenters. The van der Waals surface area contributed by atoms with Crippen molar-refractivity contribution in [1.29, 1.82) is 0 Å². The minimum atomic E-state index is 0.195. The maximum atomic E-state index is 5.67. The van der Waals surface area contributed by atoms with Crippen LogP contribution in [0.15, 0.2) is 30.6 Å². The number of hydrogen-bond donors (Lipinski definition) is 1. The Morgan fingerprint density at radius 2 is 2.16 bits per heavy atom. The van der Waals surface area contributed by atoms with Gasteiger partial charge in [0.1, 0.15) is 12.1 Å². The van der Waals surface area contributed by atoms with E-state index in [4.69, 9.17) is 4.74 Å². The predicted molar refractivity (Wildman–Crippen MR) is 73.8 cm³/mol. The van der Waals surface area contributed by atoms with Crippen molar-refractivity contribution in [2.45, 2.75) is 33.0 Å². The zero-order valence-corrected chi connectivity index (χ0v) is 11.6. The largest absolute Gasteiger partial charge is 0.491 e. The van der Waals surface area contributed by atoms with Crippen LogP contribution in [0.3, 0.4) is 0 Å². The molecule has 0 aliphatic carbocycles. The molecule has 0 fully saturated rings. The number of benzene rings is 1. The van der Waals surface area contributed by atoms with Crippen LogP contribution in [0.25, 0.3) is 0 Å². The molecule has 0 radical (unpaired) electrons. The molecule has 0 bridgehead atoms. The average molecular weight is 260 g/mol. The molecule has 0 atom stereocenters. The highest BCUT2D eigenvalue weighted by Gasteiger charge is 2.01. The zero-order valence-electron chi connectivity index (χ0n) is 11.6. The van der Waals surface area contributed by atoms with E-state index in [1.807, 2.05) is 33.0 Å². The van der Waals surface area contributed by atoms with Crippen LogP contribution in [-0.2, 0) is 20.1 Å². The van der Waals surface area contributed by atoms with Crippen molar-refractivity contribution in [1.82, 2.24) is 20.1 Å². The summed E-state index contributed by atoms with van der Waals surface area (Å²) in [6, 6.07) is 8.11. The van der Waals surface area contributed by atoms with Gasteiger partial charge < -0.3 is 10.1 Å². The third-order valence-electron chi connectivity index (χ3n) is 2.53. The molecule has 5 nitrogen and oxygen atoms in total. The highest BCUT2D eigenvalue weighted by molar-refractivity contribution is 5.28. The van der Waals surface area contributed by atoms with E-state index in [1.165, 1.54) is 5.56 Å². The van der Waals surface area contributed by atoms with E-state index in [-0.39, 0.29) is 6.10 Å². The SMILES string of the molecule is CC(C)Oc1cccc(CNCc2ncn(C)n2)c1. The number of hydrogen-bond acceptors (Lipinski definition) is 4. The van der Waals surface area contributed by atoms with Gasteiger partial charge in [0.25, 0.3) is 0 Å². The summed E-state index contributed by atoms with van der Waals surface area (Å²) in [6.07, 6.45) is 1.90. The van der Waals surface area contributed by atoms with Crippen molar-refractivity contribution >= 4 is 0 Å². The molecule has 0 amide bonds. The zero-order chi connectivity index (χ0) is 13.7. The Kier molecular flexibility index (Phi) is 4.52. The lowest BCUT2D eigenvalue weighted by Crippen LogP contribution is -2.14. The minimum absolute atomic E-state index is 0.195. The third-order valence-corrected chi connectivity index (χ3v) is 2.53. The van der Waals surface area contributed by atoms with Gasteiger partial charge in [-0.05, 0) is 31.5 Å². The summed E-state index contributed by atoms with van der Waals surface area (Å²) in [7, 11) is 1.86. The lowest BCUT2D eigenvalue weighted by molar-refractivity contribution is 0.242. The molecular formula is C14H20N4O. The number of nitrogens with one attached hydrogen (secondary N) is 1. The van der Waals surface area contributed by atoms with Gasteiger partial charge in [-0.2, -0.15) is 5.10 Å². The van der Waals surface area contributed by atoms with Gasteiger partial charge in [0, 0.05) is 13.6 Å². The number of aryl methyl sites for hydroxylation is 1. The Morgan fingerprint density at radius 1 is 1.32 bits per heavy atom. The van der Waals surface area contributed by atoms with Gasteiger partial charge in [-0.3, -0.25) is 4.68 Å². The Bertz CT molecular complexity index is 522. The van der Waals surface area contributed by atoms with Gasteiger partial charge in [0.2, 0.25) is 0 Å². The van der Waals surface area contributed by atoms with Crippen LogP contribution < -0.4 is 10.1 Å². The summed E-state index contributed by atoms with van der Waals surface area (Å²) in [5.41, 5.74) is 1.19. The maximum absolute atomic E-state index is 5.67. The van der Waals surface area contributed by atoms with E-state index in [9.17, 15) is 0 Å². The van der Waals surface area contributed by atoms with E-state index in [0.29, 0.717) is 6.54 Å². The molecule has 0 aliphatic heterocycles. The molecule has 2 aromatic rings. The van der Waals surface area contributed by atoms with E-state index in [1.54, 1.807) is 11.0 Å². The second kappa shape index (κ2) is 6.33. The number of rotatable bonds is 6. The molecule has 0 spiro atoms. The summed E-state index contributed by atoms with van der Waals surface area (Å²) in [4.78, 5) is 4.17. The smallest absolute Gasteiger partial charge is 0.164 e. The van der Waals surface area contributed by atoms with Crippen molar-refractivity contribution in [3.63, 3.8) is 0 Å². The molecule has 2 rings (SSSR count). The van der Waals surface area contributed by atoms with Gasteiger partial charge in [-0.15, -0.1) is 0 Å². The van der Waals surface area contributed by atoms with Crippen LogP contribution in [0.1, 0.15) is 25.2 Å². The summed E-state index contributed by atoms with van der Waals surface area (Å²) in [6.45, 7) is 5.49. The van der Waals surface area contributed by atoms with Gasteiger partial charge in [-0.1, -0.05) is 12.1 Å². The Morgan fingerprint density at radius 3 is 2.84 bits per heavy atom. The molecule has 0 saturated heterocycles. The molecule has 1 aromatic carbocycles. The topological polar surface area (TPSA) is 52.0 Å². The van der Waals surface area contributed by atoms with Crippen LogP contribution >= 0.6 is 0 Å². The lowest BCUT2D eigenvalue weighted by Gasteiger charge is -2.11. The van der Waals surface area contributed by atoms with E-state index >= 15 is 0 Å². The van der Waals surface area contributed by atoms with E-state index < -0.39 is 0 Å². The fraction of sp³-hybridized carbons (Fsp3) is 0.429. The average Bonchev–Trinajstić information content (AvgIpc) is 2.75. The standard InChI is InChI=1S/C14H20N4O/c1-11(2)19-13-6-4-5-12(7-13)8-15-9-14-16-10-18(3)17-14/h4-7,10-11,15H,8-9H2,1-3H3. The quantitative estimate of drug-likeness (QED) is 0.861. The monoisotopic (exact) mass is 260 g/mol. The van der Waals surface area contributed by atoms with E-state index in [0.717, 1.165) is 18.1 Å². The van der Waals surface area contributed by atoms with Crippen molar-refractivity contribution in [3.05, 3.63) is 42.0 Å². The molecule has 5 heteroatoms. The number of ether oxygens (including phenoxy) is 1. The first-order valence-corrected chi connectivity index (χ1v) is 6.44. The lowest BCUT2D eigenvalue weighted by atomic mass is 10.2. The third kappa shape index (κ3) is 4.37. The molecule has 1 aromatic heterocycles. The first-order valence-electron chi connectivity index (χ1n) is 6.44. The van der Waals surface area contributed by atoms with Gasteiger partial charge >= 0.3 is 0 Å². The predicted octanol–water partition coefficient (Wildman–Crippen LogP) is 1.89. The highest BCUT2D eigenvalue weighted by Crippen LogP contribution is 2.14. The van der Waals surface area contributed by atoms with Crippen LogP contribution in [0.5, 0.6) is 5.75 Å². The molecule has 0 saturated carbocycles. The minimum Gasteiger partial charge on any atom is -0.491 e. The van der Waals surface area contributed by atoms with Crippen LogP contribution in [0.2, 0.25) is 0 Å². The van der Waals surface area contributed by atoms with Crippen LogP contribution in [0, 0.1) is 0 Å². The number of nitrogens with zero attached hydrogens (tertiary/aromatic N) is 3. The highest BCUT2D eigenvalue weighted by atomic mass is 16.5. The molecule has 1 N–H and O–H groups in total. The maximum Gasteiger partial charge on any atom is 0.164 e. The Balaban J connectivity index is 1.85. The second-order valence-corrected chi connectivity index (χ2v) is 4.75. The van der Waals surface area contributed by atoms with Crippen molar-refractivity contribution < 1.29 is 4.74 Å². The second-order valence-electron chi connectivity index (χ2n) is 4.75. The summed E-state index contributed by atoms with van der Waals surface area (Å²) < 4.78 is 7.37.